The summed E-state index contributed by atoms with van der Waals surface area (Å²) < 4.78 is 5.21. The molecule has 1 fully saturated rings. The Bertz CT molecular complexity index is 463. The van der Waals surface area contributed by atoms with Gasteiger partial charge in [-0.1, -0.05) is 26.0 Å². The molecule has 1 aliphatic rings. The fourth-order valence-corrected chi connectivity index (χ4v) is 2.82. The molecule has 17 heavy (non-hydrogen) atoms. The van der Waals surface area contributed by atoms with Crippen molar-refractivity contribution in [3.05, 3.63) is 29.3 Å². The molecule has 1 saturated carbocycles. The van der Waals surface area contributed by atoms with Crippen molar-refractivity contribution in [3.63, 3.8) is 0 Å². The van der Waals surface area contributed by atoms with E-state index in [0.29, 0.717) is 0 Å². The van der Waals surface area contributed by atoms with E-state index in [4.69, 9.17) is 9.84 Å². The molecular formula is C14H18O3. The fourth-order valence-electron chi connectivity index (χ4n) is 2.82. The SMILES string of the molecule is COc1ccc([C@H]2[C@H](C(=O)O)C2(C)C)cc1C. The summed E-state index contributed by atoms with van der Waals surface area (Å²) in [4.78, 5) is 11.1. The van der Waals surface area contributed by atoms with Crippen molar-refractivity contribution in [1.29, 1.82) is 0 Å². The molecule has 0 bridgehead atoms. The first-order valence-corrected chi connectivity index (χ1v) is 5.77. The average molecular weight is 234 g/mol. The van der Waals surface area contributed by atoms with Crippen LogP contribution in [0.1, 0.15) is 30.9 Å². The van der Waals surface area contributed by atoms with Gasteiger partial charge < -0.3 is 9.84 Å². The number of hydrogen-bond donors (Lipinski definition) is 1. The van der Waals surface area contributed by atoms with Crippen molar-refractivity contribution >= 4 is 5.97 Å². The van der Waals surface area contributed by atoms with Crippen LogP contribution in [0, 0.1) is 18.3 Å². The number of benzene rings is 1. The summed E-state index contributed by atoms with van der Waals surface area (Å²) in [7, 11) is 1.64. The Hall–Kier alpha value is -1.51. The topological polar surface area (TPSA) is 46.5 Å². The first kappa shape index (κ1) is 12.0. The molecule has 2 atom stereocenters. The molecule has 0 spiro atoms. The summed E-state index contributed by atoms with van der Waals surface area (Å²) in [5, 5.41) is 9.17. The third-order valence-electron chi connectivity index (χ3n) is 3.87. The van der Waals surface area contributed by atoms with Gasteiger partial charge in [-0.05, 0) is 29.5 Å². The molecule has 0 amide bonds. The largest absolute Gasteiger partial charge is 0.496 e. The number of carboxylic acids is 1. The third kappa shape index (κ3) is 1.79. The number of hydrogen-bond acceptors (Lipinski definition) is 2. The highest BCUT2D eigenvalue weighted by Crippen LogP contribution is 2.64. The highest BCUT2D eigenvalue weighted by Gasteiger charge is 2.62. The zero-order chi connectivity index (χ0) is 12.8. The molecule has 0 aromatic heterocycles. The second kappa shape index (κ2) is 3.76. The van der Waals surface area contributed by atoms with Crippen molar-refractivity contribution in [1.82, 2.24) is 0 Å². The van der Waals surface area contributed by atoms with Crippen LogP contribution in [0.15, 0.2) is 18.2 Å². The first-order valence-electron chi connectivity index (χ1n) is 5.77. The molecule has 3 nitrogen and oxygen atoms in total. The summed E-state index contributed by atoms with van der Waals surface area (Å²) in [5.41, 5.74) is 2.00. The highest BCUT2D eigenvalue weighted by molar-refractivity contribution is 5.77. The van der Waals surface area contributed by atoms with Crippen LogP contribution < -0.4 is 4.74 Å². The maximum Gasteiger partial charge on any atom is 0.307 e. The predicted octanol–water partition coefficient (Wildman–Crippen LogP) is 2.83. The Labute approximate surface area is 101 Å². The van der Waals surface area contributed by atoms with Crippen LogP contribution in [0.5, 0.6) is 5.75 Å². The van der Waals surface area contributed by atoms with Gasteiger partial charge in [-0.2, -0.15) is 0 Å². The lowest BCUT2D eigenvalue weighted by atomic mass is 10.0. The number of aryl methyl sites for hydroxylation is 1. The summed E-state index contributed by atoms with van der Waals surface area (Å²) in [5.74, 6) is -0.00699. The van der Waals surface area contributed by atoms with Crippen LogP contribution in [0.2, 0.25) is 0 Å². The zero-order valence-corrected chi connectivity index (χ0v) is 10.7. The number of rotatable bonds is 3. The monoisotopic (exact) mass is 234 g/mol. The quantitative estimate of drug-likeness (QED) is 0.874. The lowest BCUT2D eigenvalue weighted by molar-refractivity contribution is -0.139. The van der Waals surface area contributed by atoms with Gasteiger partial charge >= 0.3 is 5.97 Å². The second-order valence-corrected chi connectivity index (χ2v) is 5.34. The molecule has 0 heterocycles. The Kier molecular flexibility index (Phi) is 2.64. The van der Waals surface area contributed by atoms with Crippen LogP contribution in [-0.2, 0) is 4.79 Å². The van der Waals surface area contributed by atoms with Gasteiger partial charge in [-0.3, -0.25) is 4.79 Å². The van der Waals surface area contributed by atoms with Crippen molar-refractivity contribution in [3.8, 4) is 5.75 Å². The van der Waals surface area contributed by atoms with Crippen LogP contribution in [0.4, 0.5) is 0 Å². The van der Waals surface area contributed by atoms with E-state index in [2.05, 4.69) is 0 Å². The molecule has 0 aliphatic heterocycles. The Morgan fingerprint density at radius 1 is 1.41 bits per heavy atom. The standard InChI is InChI=1S/C14H18O3/c1-8-7-9(5-6-10(8)17-4)11-12(13(15)16)14(11,2)3/h5-7,11-12H,1-4H3,(H,15,16)/t11-,12+/m0/s1. The smallest absolute Gasteiger partial charge is 0.307 e. The van der Waals surface area contributed by atoms with Crippen LogP contribution in [-0.4, -0.2) is 18.2 Å². The van der Waals surface area contributed by atoms with Gasteiger partial charge in [0.25, 0.3) is 0 Å². The second-order valence-electron chi connectivity index (χ2n) is 5.34. The summed E-state index contributed by atoms with van der Waals surface area (Å²) in [6.45, 7) is 6.00. The minimum Gasteiger partial charge on any atom is -0.496 e. The molecule has 0 unspecified atom stereocenters. The van der Waals surface area contributed by atoms with Gasteiger partial charge in [0.05, 0.1) is 13.0 Å². The van der Waals surface area contributed by atoms with E-state index in [1.54, 1.807) is 7.11 Å². The molecule has 92 valence electrons. The lowest BCUT2D eigenvalue weighted by Gasteiger charge is -2.08. The Balaban J connectivity index is 2.31. The zero-order valence-electron chi connectivity index (χ0n) is 10.7. The third-order valence-corrected chi connectivity index (χ3v) is 3.87. The normalized spacial score (nSPS) is 25.4. The summed E-state index contributed by atoms with van der Waals surface area (Å²) in [6.07, 6.45) is 0. The lowest BCUT2D eigenvalue weighted by Crippen LogP contribution is -2.03. The molecule has 2 rings (SSSR count). The number of carboxylic acid groups (broad SMARTS) is 1. The minimum absolute atomic E-state index is 0.115. The molecule has 0 radical (unpaired) electrons. The van der Waals surface area contributed by atoms with Gasteiger partial charge in [0.15, 0.2) is 0 Å². The summed E-state index contributed by atoms with van der Waals surface area (Å²) >= 11 is 0. The molecular weight excluding hydrogens is 216 g/mol. The van der Waals surface area contributed by atoms with E-state index in [1.807, 2.05) is 39.0 Å². The Morgan fingerprint density at radius 3 is 2.47 bits per heavy atom. The van der Waals surface area contributed by atoms with Crippen molar-refractivity contribution < 1.29 is 14.6 Å². The molecule has 1 aromatic rings. The average Bonchev–Trinajstić information content (AvgIpc) is 2.81. The first-order chi connectivity index (χ1) is 7.89. The van der Waals surface area contributed by atoms with E-state index < -0.39 is 5.97 Å². The number of ether oxygens (including phenoxy) is 1. The molecule has 1 aliphatic carbocycles. The molecule has 3 heteroatoms. The maximum atomic E-state index is 11.1. The van der Waals surface area contributed by atoms with Gasteiger partial charge in [-0.15, -0.1) is 0 Å². The van der Waals surface area contributed by atoms with E-state index >= 15 is 0 Å². The van der Waals surface area contributed by atoms with Crippen molar-refractivity contribution in [2.45, 2.75) is 26.7 Å². The van der Waals surface area contributed by atoms with Crippen LogP contribution in [0.25, 0.3) is 0 Å². The van der Waals surface area contributed by atoms with Gasteiger partial charge in [0, 0.05) is 5.92 Å². The fraction of sp³-hybridized carbons (Fsp3) is 0.500. The number of carbonyl (C=O) groups is 1. The van der Waals surface area contributed by atoms with Gasteiger partial charge in [0.1, 0.15) is 5.75 Å². The Morgan fingerprint density at radius 2 is 2.06 bits per heavy atom. The van der Waals surface area contributed by atoms with Crippen molar-refractivity contribution in [2.75, 3.05) is 7.11 Å². The minimum atomic E-state index is -0.700. The molecule has 1 N–H and O–H groups in total. The van der Waals surface area contributed by atoms with E-state index in [0.717, 1.165) is 16.9 Å². The van der Waals surface area contributed by atoms with E-state index in [1.165, 1.54) is 0 Å². The van der Waals surface area contributed by atoms with Crippen LogP contribution in [0.3, 0.4) is 0 Å². The van der Waals surface area contributed by atoms with Crippen LogP contribution >= 0.6 is 0 Å². The maximum absolute atomic E-state index is 11.1. The summed E-state index contributed by atoms with van der Waals surface area (Å²) in [6, 6.07) is 5.92. The number of methoxy groups -OCH3 is 1. The van der Waals surface area contributed by atoms with E-state index in [-0.39, 0.29) is 17.3 Å². The van der Waals surface area contributed by atoms with Gasteiger partial charge in [0.2, 0.25) is 0 Å². The number of aliphatic carboxylic acids is 1. The molecule has 1 aromatic carbocycles. The van der Waals surface area contributed by atoms with Gasteiger partial charge in [-0.25, -0.2) is 0 Å². The van der Waals surface area contributed by atoms with Crippen molar-refractivity contribution in [2.24, 2.45) is 11.3 Å². The molecule has 0 saturated heterocycles. The van der Waals surface area contributed by atoms with E-state index in [9.17, 15) is 4.79 Å². The predicted molar refractivity (Wildman–Crippen MR) is 65.4 cm³/mol. The highest BCUT2D eigenvalue weighted by atomic mass is 16.5.